The molecule has 1 amide bonds. The average Bonchev–Trinajstić information content (AvgIpc) is 2.58. The first-order valence-corrected chi connectivity index (χ1v) is 9.93. The summed E-state index contributed by atoms with van der Waals surface area (Å²) < 4.78 is 29.4. The molecule has 0 aliphatic heterocycles. The second kappa shape index (κ2) is 10.9. The van der Waals surface area contributed by atoms with Gasteiger partial charge in [0.25, 0.3) is 0 Å². The molecule has 0 saturated carbocycles. The Hall–Kier alpha value is -2.97. The van der Waals surface area contributed by atoms with E-state index in [9.17, 15) is 18.8 Å². The lowest BCUT2D eigenvalue weighted by molar-refractivity contribution is -0.148. The quantitative estimate of drug-likeness (QED) is 0.394. The van der Waals surface area contributed by atoms with Gasteiger partial charge in [-0.3, -0.25) is 4.98 Å². The van der Waals surface area contributed by atoms with E-state index in [1.807, 2.05) is 0 Å². The highest BCUT2D eigenvalue weighted by molar-refractivity contribution is 5.87. The number of esters is 2. The van der Waals surface area contributed by atoms with Crippen LogP contribution >= 0.6 is 0 Å². The predicted octanol–water partition coefficient (Wildman–Crippen LogP) is 3.57. The Morgan fingerprint density at radius 1 is 1.10 bits per heavy atom. The lowest BCUT2D eigenvalue weighted by Crippen LogP contribution is -2.45. The van der Waals surface area contributed by atoms with E-state index in [1.165, 1.54) is 12.1 Å². The minimum Gasteiger partial charge on any atom is -0.464 e. The predicted molar refractivity (Wildman–Crippen MR) is 113 cm³/mol. The van der Waals surface area contributed by atoms with Gasteiger partial charge in [0.05, 0.1) is 12.3 Å². The van der Waals surface area contributed by atoms with Crippen LogP contribution in [-0.2, 0) is 30.2 Å². The first-order valence-electron chi connectivity index (χ1n) is 9.93. The average molecular weight is 438 g/mol. The number of alkyl carbamates (subject to hydrolysis) is 1. The number of pyridine rings is 1. The highest BCUT2D eigenvalue weighted by Gasteiger charge is 2.26. The van der Waals surface area contributed by atoms with Crippen LogP contribution in [0.5, 0.6) is 0 Å². The third-order valence-corrected chi connectivity index (χ3v) is 3.39. The number of hydrogen-bond donors (Lipinski definition) is 1. The molecular weight excluding hydrogens is 407 g/mol. The number of ether oxygens (including phenoxy) is 3. The smallest absolute Gasteiger partial charge is 0.408 e. The normalized spacial score (nSPS) is 12.9. The van der Waals surface area contributed by atoms with Gasteiger partial charge < -0.3 is 19.5 Å². The molecule has 1 unspecified atom stereocenters. The number of nitrogens with zero attached hydrogens (tertiary/aromatic N) is 1. The molecule has 0 aromatic carbocycles. The monoisotopic (exact) mass is 438 g/mol. The molecule has 1 atom stereocenters. The number of nitrogens with one attached hydrogen (secondary N) is 1. The summed E-state index contributed by atoms with van der Waals surface area (Å²) in [6, 6.07) is 1.45. The zero-order valence-electron chi connectivity index (χ0n) is 19.1. The van der Waals surface area contributed by atoms with E-state index in [-0.39, 0.29) is 18.7 Å². The van der Waals surface area contributed by atoms with E-state index < -0.39 is 41.1 Å². The molecule has 1 aromatic heterocycles. The molecule has 31 heavy (non-hydrogen) atoms. The molecule has 0 aliphatic carbocycles. The summed E-state index contributed by atoms with van der Waals surface area (Å²) in [5, 5.41) is 2.46. The molecule has 0 fully saturated rings. The van der Waals surface area contributed by atoms with Crippen molar-refractivity contribution < 1.29 is 33.0 Å². The molecule has 1 rings (SSSR count). The molecule has 1 aromatic rings. The van der Waals surface area contributed by atoms with Crippen molar-refractivity contribution >= 4 is 24.1 Å². The van der Waals surface area contributed by atoms with E-state index in [1.54, 1.807) is 48.5 Å². The molecule has 172 valence electrons. The summed E-state index contributed by atoms with van der Waals surface area (Å²) in [5.41, 5.74) is -1.24. The van der Waals surface area contributed by atoms with Crippen LogP contribution in [0.15, 0.2) is 18.2 Å². The standard InChI is InChI=1S/C22H31FN2O6/c1-8-29-19(27)17(25-20(28)31-22(5,6)7)13-14-9-10-15(23)16(24-14)11-12-18(26)30-21(2,3)4/h9-12,17H,8,13H2,1-7H3,(H,25,28)/b12-11+. The van der Waals surface area contributed by atoms with E-state index in [0.29, 0.717) is 5.69 Å². The van der Waals surface area contributed by atoms with Gasteiger partial charge in [0, 0.05) is 18.2 Å². The summed E-state index contributed by atoms with van der Waals surface area (Å²) in [4.78, 5) is 40.3. The largest absolute Gasteiger partial charge is 0.464 e. The fourth-order valence-corrected chi connectivity index (χ4v) is 2.31. The highest BCUT2D eigenvalue weighted by atomic mass is 19.1. The van der Waals surface area contributed by atoms with Crippen molar-refractivity contribution in [1.29, 1.82) is 0 Å². The fourth-order valence-electron chi connectivity index (χ4n) is 2.31. The van der Waals surface area contributed by atoms with E-state index >= 15 is 0 Å². The Morgan fingerprint density at radius 3 is 2.26 bits per heavy atom. The maximum absolute atomic E-state index is 14.1. The van der Waals surface area contributed by atoms with Crippen LogP contribution in [0.25, 0.3) is 6.08 Å². The van der Waals surface area contributed by atoms with E-state index in [2.05, 4.69) is 10.3 Å². The van der Waals surface area contributed by atoms with Crippen molar-refractivity contribution in [3.05, 3.63) is 35.4 Å². The third kappa shape index (κ3) is 10.6. The van der Waals surface area contributed by atoms with Crippen molar-refractivity contribution in [3.63, 3.8) is 0 Å². The van der Waals surface area contributed by atoms with Crippen molar-refractivity contribution in [3.8, 4) is 0 Å². The molecule has 0 spiro atoms. The summed E-state index contributed by atoms with van der Waals surface area (Å²) in [5.74, 6) is -1.98. The minimum atomic E-state index is -1.09. The maximum atomic E-state index is 14.1. The van der Waals surface area contributed by atoms with Crippen molar-refractivity contribution in [2.45, 2.75) is 72.1 Å². The minimum absolute atomic E-state index is 0.0639. The Bertz CT molecular complexity index is 824. The van der Waals surface area contributed by atoms with Crippen LogP contribution in [0, 0.1) is 5.82 Å². The second-order valence-electron chi connectivity index (χ2n) is 8.69. The molecule has 0 saturated heterocycles. The van der Waals surface area contributed by atoms with Crippen LogP contribution in [0.4, 0.5) is 9.18 Å². The van der Waals surface area contributed by atoms with E-state index in [0.717, 1.165) is 12.1 Å². The number of carbonyl (C=O) groups excluding carboxylic acids is 3. The van der Waals surface area contributed by atoms with Gasteiger partial charge in [-0.25, -0.2) is 18.8 Å². The molecule has 9 heteroatoms. The van der Waals surface area contributed by atoms with Crippen LogP contribution in [0.2, 0.25) is 0 Å². The second-order valence-corrected chi connectivity index (χ2v) is 8.69. The molecular formula is C22H31FN2O6. The van der Waals surface area contributed by atoms with Crippen LogP contribution in [0.1, 0.15) is 59.9 Å². The van der Waals surface area contributed by atoms with Gasteiger partial charge in [0.15, 0.2) is 0 Å². The summed E-state index contributed by atoms with van der Waals surface area (Å²) >= 11 is 0. The fraction of sp³-hybridized carbons (Fsp3) is 0.545. The Labute approximate surface area is 182 Å². The maximum Gasteiger partial charge on any atom is 0.408 e. The van der Waals surface area contributed by atoms with Crippen molar-refractivity contribution in [1.82, 2.24) is 10.3 Å². The van der Waals surface area contributed by atoms with Gasteiger partial charge >= 0.3 is 18.0 Å². The molecule has 8 nitrogen and oxygen atoms in total. The van der Waals surface area contributed by atoms with Crippen LogP contribution < -0.4 is 5.32 Å². The zero-order valence-corrected chi connectivity index (χ0v) is 19.1. The zero-order chi connectivity index (χ0) is 23.8. The molecule has 0 aliphatic rings. The number of aromatic nitrogens is 1. The SMILES string of the molecule is CCOC(=O)C(Cc1ccc(F)c(/C=C/C(=O)OC(C)(C)C)n1)NC(=O)OC(C)(C)C. The van der Waals surface area contributed by atoms with Gasteiger partial charge in [-0.15, -0.1) is 0 Å². The molecule has 1 heterocycles. The van der Waals surface area contributed by atoms with Gasteiger partial charge in [-0.1, -0.05) is 0 Å². The molecule has 1 N–H and O–H groups in total. The summed E-state index contributed by atoms with van der Waals surface area (Å²) in [6.45, 7) is 12.0. The van der Waals surface area contributed by atoms with E-state index in [4.69, 9.17) is 14.2 Å². The Kier molecular flexibility index (Phi) is 9.15. The number of amides is 1. The Morgan fingerprint density at radius 2 is 1.71 bits per heavy atom. The summed E-state index contributed by atoms with van der Waals surface area (Å²) in [7, 11) is 0. The third-order valence-electron chi connectivity index (χ3n) is 3.39. The van der Waals surface area contributed by atoms with Crippen LogP contribution in [-0.4, -0.2) is 46.9 Å². The topological polar surface area (TPSA) is 104 Å². The van der Waals surface area contributed by atoms with Crippen molar-refractivity contribution in [2.75, 3.05) is 6.61 Å². The van der Waals surface area contributed by atoms with Crippen LogP contribution in [0.3, 0.4) is 0 Å². The lowest BCUT2D eigenvalue weighted by Gasteiger charge is -2.22. The first kappa shape index (κ1) is 26.1. The summed E-state index contributed by atoms with van der Waals surface area (Å²) in [6.07, 6.45) is 1.40. The van der Waals surface area contributed by atoms with Gasteiger partial charge in [0.2, 0.25) is 0 Å². The number of halogens is 1. The first-order chi connectivity index (χ1) is 14.2. The van der Waals surface area contributed by atoms with Gasteiger partial charge in [-0.2, -0.15) is 0 Å². The van der Waals surface area contributed by atoms with Crippen molar-refractivity contribution in [2.24, 2.45) is 0 Å². The number of hydrogen-bond acceptors (Lipinski definition) is 7. The van der Waals surface area contributed by atoms with Gasteiger partial charge in [-0.05, 0) is 66.7 Å². The number of carbonyl (C=O) groups is 3. The molecule has 0 bridgehead atoms. The Balaban J connectivity index is 3.01. The van der Waals surface area contributed by atoms with Gasteiger partial charge in [0.1, 0.15) is 23.1 Å². The molecule has 0 radical (unpaired) electrons. The number of rotatable bonds is 7. The lowest BCUT2D eigenvalue weighted by atomic mass is 10.1. The highest BCUT2D eigenvalue weighted by Crippen LogP contribution is 2.13.